The zero-order chi connectivity index (χ0) is 12.8. The molecule has 1 aliphatic heterocycles. The highest BCUT2D eigenvalue weighted by molar-refractivity contribution is 9.10. The standard InChI is InChI=1S/C14H10BrN3O/c15-13-8-18-14(16-13)4-2-11(17-18)9-1-3-12-10(7-9)5-6-19-12/h1-4,7-8H,5-6H2. The van der Waals surface area contributed by atoms with Gasteiger partial charge in [0.25, 0.3) is 0 Å². The van der Waals surface area contributed by atoms with Gasteiger partial charge in [0.1, 0.15) is 10.4 Å². The first-order chi connectivity index (χ1) is 9.29. The maximum absolute atomic E-state index is 5.52. The molecule has 0 unspecified atom stereocenters. The van der Waals surface area contributed by atoms with E-state index in [1.54, 1.807) is 4.52 Å². The Kier molecular flexibility index (Phi) is 2.35. The fraction of sp³-hybridized carbons (Fsp3) is 0.143. The van der Waals surface area contributed by atoms with E-state index >= 15 is 0 Å². The van der Waals surface area contributed by atoms with Gasteiger partial charge in [-0.2, -0.15) is 5.10 Å². The number of nitrogens with zero attached hydrogens (tertiary/aromatic N) is 3. The Labute approximate surface area is 118 Å². The maximum Gasteiger partial charge on any atom is 0.154 e. The number of fused-ring (bicyclic) bond motifs is 2. The molecule has 4 rings (SSSR count). The second-order valence-corrected chi connectivity index (χ2v) is 5.32. The lowest BCUT2D eigenvalue weighted by Gasteiger charge is -2.04. The Balaban J connectivity index is 1.85. The van der Waals surface area contributed by atoms with Crippen molar-refractivity contribution in [1.29, 1.82) is 0 Å². The van der Waals surface area contributed by atoms with Crippen molar-refractivity contribution in [3.05, 3.63) is 46.7 Å². The van der Waals surface area contributed by atoms with Gasteiger partial charge in [0.2, 0.25) is 0 Å². The molecule has 0 saturated heterocycles. The smallest absolute Gasteiger partial charge is 0.154 e. The highest BCUT2D eigenvalue weighted by atomic mass is 79.9. The van der Waals surface area contributed by atoms with E-state index in [9.17, 15) is 0 Å². The van der Waals surface area contributed by atoms with E-state index in [1.807, 2.05) is 30.5 Å². The minimum absolute atomic E-state index is 0.777. The lowest BCUT2D eigenvalue weighted by molar-refractivity contribution is 0.357. The van der Waals surface area contributed by atoms with E-state index in [-0.39, 0.29) is 0 Å². The molecule has 1 aliphatic rings. The third-order valence-electron chi connectivity index (χ3n) is 3.28. The zero-order valence-electron chi connectivity index (χ0n) is 10.0. The molecule has 0 aliphatic carbocycles. The number of benzene rings is 1. The monoisotopic (exact) mass is 315 g/mol. The molecule has 0 N–H and O–H groups in total. The molecule has 0 bridgehead atoms. The van der Waals surface area contributed by atoms with Crippen LogP contribution < -0.4 is 4.74 Å². The lowest BCUT2D eigenvalue weighted by atomic mass is 10.1. The minimum atomic E-state index is 0.777. The number of halogens is 1. The van der Waals surface area contributed by atoms with Gasteiger partial charge < -0.3 is 4.74 Å². The van der Waals surface area contributed by atoms with E-state index in [2.05, 4.69) is 32.1 Å². The van der Waals surface area contributed by atoms with Crippen molar-refractivity contribution >= 4 is 21.6 Å². The van der Waals surface area contributed by atoms with Gasteiger partial charge >= 0.3 is 0 Å². The van der Waals surface area contributed by atoms with Crippen LogP contribution in [0.3, 0.4) is 0 Å². The molecule has 0 fully saturated rings. The van der Waals surface area contributed by atoms with Gasteiger partial charge in [-0.1, -0.05) is 0 Å². The van der Waals surface area contributed by atoms with E-state index in [1.165, 1.54) is 5.56 Å². The van der Waals surface area contributed by atoms with Crippen molar-refractivity contribution < 1.29 is 4.74 Å². The average molecular weight is 316 g/mol. The minimum Gasteiger partial charge on any atom is -0.493 e. The normalized spacial score (nSPS) is 13.5. The molecule has 0 amide bonds. The summed E-state index contributed by atoms with van der Waals surface area (Å²) >= 11 is 3.36. The average Bonchev–Trinajstić information content (AvgIpc) is 3.01. The molecule has 0 atom stereocenters. The van der Waals surface area contributed by atoms with Crippen molar-refractivity contribution in [1.82, 2.24) is 14.6 Å². The van der Waals surface area contributed by atoms with Crippen LogP contribution >= 0.6 is 15.9 Å². The SMILES string of the molecule is Brc1cn2nc(-c3ccc4c(c3)CCO4)ccc2n1. The summed E-state index contributed by atoms with van der Waals surface area (Å²) < 4.78 is 8.09. The molecular formula is C14H10BrN3O. The molecule has 3 heterocycles. The van der Waals surface area contributed by atoms with Gasteiger partial charge in [-0.05, 0) is 51.8 Å². The van der Waals surface area contributed by atoms with Gasteiger partial charge in [-0.25, -0.2) is 9.50 Å². The lowest BCUT2D eigenvalue weighted by Crippen LogP contribution is -1.93. The molecule has 2 aromatic heterocycles. The molecule has 0 spiro atoms. The number of rotatable bonds is 1. The van der Waals surface area contributed by atoms with Crippen LogP contribution in [-0.2, 0) is 6.42 Å². The van der Waals surface area contributed by atoms with E-state index in [4.69, 9.17) is 4.74 Å². The highest BCUT2D eigenvalue weighted by Crippen LogP contribution is 2.29. The summed E-state index contributed by atoms with van der Waals surface area (Å²) in [5.41, 5.74) is 4.13. The third kappa shape index (κ3) is 1.81. The maximum atomic E-state index is 5.52. The fourth-order valence-corrected chi connectivity index (χ4v) is 2.73. The first-order valence-corrected chi connectivity index (χ1v) is 6.87. The van der Waals surface area contributed by atoms with Crippen LogP contribution in [0.25, 0.3) is 16.9 Å². The fourth-order valence-electron chi connectivity index (χ4n) is 2.35. The molecule has 5 heteroatoms. The van der Waals surface area contributed by atoms with Gasteiger partial charge in [0.15, 0.2) is 5.65 Å². The van der Waals surface area contributed by atoms with Gasteiger partial charge in [-0.15, -0.1) is 0 Å². The van der Waals surface area contributed by atoms with Crippen LogP contribution in [0.15, 0.2) is 41.1 Å². The summed E-state index contributed by atoms with van der Waals surface area (Å²) in [6.07, 6.45) is 2.83. The summed E-state index contributed by atoms with van der Waals surface area (Å²) in [6.45, 7) is 0.777. The predicted octanol–water partition coefficient (Wildman–Crippen LogP) is 3.09. The van der Waals surface area contributed by atoms with Crippen molar-refractivity contribution in [2.75, 3.05) is 6.61 Å². The Morgan fingerprint density at radius 1 is 1.21 bits per heavy atom. The Hall–Kier alpha value is -1.88. The Morgan fingerprint density at radius 2 is 2.16 bits per heavy atom. The molecule has 1 aromatic carbocycles. The Bertz CT molecular complexity index is 781. The second kappa shape index (κ2) is 4.06. The topological polar surface area (TPSA) is 39.4 Å². The summed E-state index contributed by atoms with van der Waals surface area (Å²) in [7, 11) is 0. The van der Waals surface area contributed by atoms with E-state index in [0.717, 1.165) is 40.3 Å². The van der Waals surface area contributed by atoms with Gasteiger partial charge in [0.05, 0.1) is 18.5 Å². The third-order valence-corrected chi connectivity index (χ3v) is 3.66. The number of hydrogen-bond acceptors (Lipinski definition) is 3. The molecule has 19 heavy (non-hydrogen) atoms. The number of imidazole rings is 1. The molecule has 3 aromatic rings. The van der Waals surface area contributed by atoms with Crippen molar-refractivity contribution in [3.63, 3.8) is 0 Å². The summed E-state index contributed by atoms with van der Waals surface area (Å²) in [6, 6.07) is 10.2. The zero-order valence-corrected chi connectivity index (χ0v) is 11.6. The van der Waals surface area contributed by atoms with Gasteiger partial charge in [0, 0.05) is 12.0 Å². The first kappa shape index (κ1) is 11.0. The largest absolute Gasteiger partial charge is 0.493 e. The van der Waals surface area contributed by atoms with Crippen LogP contribution in [0.2, 0.25) is 0 Å². The summed E-state index contributed by atoms with van der Waals surface area (Å²) in [5, 5.41) is 4.58. The molecule has 0 radical (unpaired) electrons. The quantitative estimate of drug-likeness (QED) is 0.692. The van der Waals surface area contributed by atoms with Crippen LogP contribution in [-0.4, -0.2) is 21.2 Å². The molecule has 0 saturated carbocycles. The van der Waals surface area contributed by atoms with E-state index in [0.29, 0.717) is 0 Å². The summed E-state index contributed by atoms with van der Waals surface area (Å²) in [5.74, 6) is 0.996. The molecular weight excluding hydrogens is 306 g/mol. The second-order valence-electron chi connectivity index (χ2n) is 4.51. The molecule has 4 nitrogen and oxygen atoms in total. The number of hydrogen-bond donors (Lipinski definition) is 0. The molecule has 94 valence electrons. The van der Waals surface area contributed by atoms with E-state index < -0.39 is 0 Å². The van der Waals surface area contributed by atoms with Crippen LogP contribution in [0.4, 0.5) is 0 Å². The van der Waals surface area contributed by atoms with Crippen molar-refractivity contribution in [2.45, 2.75) is 6.42 Å². The summed E-state index contributed by atoms with van der Waals surface area (Å²) in [4.78, 5) is 4.30. The highest BCUT2D eigenvalue weighted by Gasteiger charge is 2.13. The van der Waals surface area contributed by atoms with Crippen LogP contribution in [0.1, 0.15) is 5.56 Å². The number of ether oxygens (including phenoxy) is 1. The van der Waals surface area contributed by atoms with Crippen molar-refractivity contribution in [2.24, 2.45) is 0 Å². The Morgan fingerprint density at radius 3 is 3.11 bits per heavy atom. The van der Waals surface area contributed by atoms with Crippen LogP contribution in [0.5, 0.6) is 5.75 Å². The van der Waals surface area contributed by atoms with Crippen LogP contribution in [0, 0.1) is 0 Å². The predicted molar refractivity (Wildman–Crippen MR) is 75.3 cm³/mol. The first-order valence-electron chi connectivity index (χ1n) is 6.08. The van der Waals surface area contributed by atoms with Gasteiger partial charge in [-0.3, -0.25) is 0 Å². The van der Waals surface area contributed by atoms with Crippen molar-refractivity contribution in [3.8, 4) is 17.0 Å². The number of aromatic nitrogens is 3.